The van der Waals surface area contributed by atoms with Gasteiger partial charge in [-0.2, -0.15) is 5.26 Å². The predicted molar refractivity (Wildman–Crippen MR) is 72.0 cm³/mol. The number of non-ortho nitro benzene ring substituents is 1. The molecular weight excluding hydrogens is 264 g/mol. The zero-order chi connectivity index (χ0) is 13.8. The predicted octanol–water partition coefficient (Wildman–Crippen LogP) is 3.90. The SMILES string of the molecule is N#CC(c1ccccc1)c1ccc([N+](=O)[O-])cc1Cl. The summed E-state index contributed by atoms with van der Waals surface area (Å²) < 4.78 is 0. The quantitative estimate of drug-likeness (QED) is 0.628. The van der Waals surface area contributed by atoms with E-state index in [0.29, 0.717) is 5.56 Å². The van der Waals surface area contributed by atoms with E-state index in [4.69, 9.17) is 11.6 Å². The van der Waals surface area contributed by atoms with Gasteiger partial charge in [-0.3, -0.25) is 10.1 Å². The van der Waals surface area contributed by atoms with Crippen molar-refractivity contribution in [2.75, 3.05) is 0 Å². The molecule has 2 aromatic carbocycles. The van der Waals surface area contributed by atoms with Crippen LogP contribution in [0.1, 0.15) is 17.0 Å². The minimum Gasteiger partial charge on any atom is -0.258 e. The van der Waals surface area contributed by atoms with Crippen molar-refractivity contribution in [3.05, 3.63) is 74.8 Å². The van der Waals surface area contributed by atoms with E-state index in [1.165, 1.54) is 18.2 Å². The molecule has 4 nitrogen and oxygen atoms in total. The van der Waals surface area contributed by atoms with Crippen LogP contribution in [-0.2, 0) is 0 Å². The first-order valence-corrected chi connectivity index (χ1v) is 5.89. The van der Waals surface area contributed by atoms with Crippen molar-refractivity contribution < 1.29 is 4.92 Å². The van der Waals surface area contributed by atoms with Crippen LogP contribution in [0.2, 0.25) is 5.02 Å². The summed E-state index contributed by atoms with van der Waals surface area (Å²) in [6, 6.07) is 15.5. The van der Waals surface area contributed by atoms with Gasteiger partial charge >= 0.3 is 0 Å². The third kappa shape index (κ3) is 2.72. The molecule has 2 rings (SSSR count). The van der Waals surface area contributed by atoms with Crippen molar-refractivity contribution in [2.45, 2.75) is 5.92 Å². The zero-order valence-corrected chi connectivity index (χ0v) is 10.5. The van der Waals surface area contributed by atoms with Crippen LogP contribution in [0.25, 0.3) is 0 Å². The molecule has 94 valence electrons. The number of rotatable bonds is 3. The van der Waals surface area contributed by atoms with E-state index in [-0.39, 0.29) is 10.7 Å². The molecule has 0 amide bonds. The topological polar surface area (TPSA) is 66.9 Å². The Labute approximate surface area is 115 Å². The molecular formula is C14H9ClN2O2. The summed E-state index contributed by atoms with van der Waals surface area (Å²) in [6.07, 6.45) is 0. The van der Waals surface area contributed by atoms with Crippen LogP contribution >= 0.6 is 11.6 Å². The van der Waals surface area contributed by atoms with E-state index < -0.39 is 10.8 Å². The molecule has 0 radical (unpaired) electrons. The minimum atomic E-state index is -0.533. The molecule has 0 saturated heterocycles. The minimum absolute atomic E-state index is 0.0847. The summed E-state index contributed by atoms with van der Waals surface area (Å²) in [7, 11) is 0. The summed E-state index contributed by atoms with van der Waals surface area (Å²) in [6.45, 7) is 0. The Morgan fingerprint density at radius 2 is 1.89 bits per heavy atom. The highest BCUT2D eigenvalue weighted by Gasteiger charge is 2.18. The Bertz CT molecular complexity index is 650. The molecule has 0 aliphatic rings. The molecule has 2 aromatic rings. The number of halogens is 1. The average Bonchev–Trinajstić information content (AvgIpc) is 2.42. The molecule has 0 aliphatic carbocycles. The first-order valence-electron chi connectivity index (χ1n) is 5.52. The van der Waals surface area contributed by atoms with Gasteiger partial charge in [-0.15, -0.1) is 0 Å². The van der Waals surface area contributed by atoms with Gasteiger partial charge in [-0.1, -0.05) is 41.9 Å². The Morgan fingerprint density at radius 1 is 1.21 bits per heavy atom. The van der Waals surface area contributed by atoms with Crippen molar-refractivity contribution in [3.8, 4) is 6.07 Å². The molecule has 0 aromatic heterocycles. The molecule has 0 spiro atoms. The number of hydrogen-bond acceptors (Lipinski definition) is 3. The second-order valence-electron chi connectivity index (χ2n) is 3.94. The average molecular weight is 273 g/mol. The number of benzene rings is 2. The fourth-order valence-electron chi connectivity index (χ4n) is 1.83. The van der Waals surface area contributed by atoms with Crippen LogP contribution < -0.4 is 0 Å². The second kappa shape index (κ2) is 5.51. The van der Waals surface area contributed by atoms with E-state index in [2.05, 4.69) is 6.07 Å². The maximum atomic E-state index is 10.7. The van der Waals surface area contributed by atoms with Crippen molar-refractivity contribution in [1.29, 1.82) is 5.26 Å². The standard InChI is InChI=1S/C14H9ClN2O2/c15-14-8-11(17(18)19)6-7-12(14)13(9-16)10-4-2-1-3-5-10/h1-8,13H. The zero-order valence-electron chi connectivity index (χ0n) is 9.79. The monoisotopic (exact) mass is 272 g/mol. The van der Waals surface area contributed by atoms with Crippen LogP contribution in [-0.4, -0.2) is 4.92 Å². The van der Waals surface area contributed by atoms with Crippen LogP contribution in [0, 0.1) is 21.4 Å². The van der Waals surface area contributed by atoms with E-state index >= 15 is 0 Å². The summed E-state index contributed by atoms with van der Waals surface area (Å²) in [5.41, 5.74) is 1.29. The lowest BCUT2D eigenvalue weighted by atomic mass is 9.92. The van der Waals surface area contributed by atoms with Crippen LogP contribution in [0.5, 0.6) is 0 Å². The van der Waals surface area contributed by atoms with Gasteiger partial charge in [0.2, 0.25) is 0 Å². The maximum absolute atomic E-state index is 10.7. The molecule has 0 saturated carbocycles. The lowest BCUT2D eigenvalue weighted by molar-refractivity contribution is -0.384. The number of nitro benzene ring substituents is 1. The highest BCUT2D eigenvalue weighted by Crippen LogP contribution is 2.32. The molecule has 19 heavy (non-hydrogen) atoms. The van der Waals surface area contributed by atoms with Gasteiger partial charge in [0.1, 0.15) is 0 Å². The van der Waals surface area contributed by atoms with Crippen molar-refractivity contribution in [3.63, 3.8) is 0 Å². The number of nitro groups is 1. The summed E-state index contributed by atoms with van der Waals surface area (Å²) in [4.78, 5) is 10.1. The molecule has 5 heteroatoms. The number of nitriles is 1. The van der Waals surface area contributed by atoms with Gasteiger partial charge < -0.3 is 0 Å². The van der Waals surface area contributed by atoms with E-state index in [9.17, 15) is 15.4 Å². The van der Waals surface area contributed by atoms with Gasteiger partial charge in [-0.05, 0) is 17.2 Å². The van der Waals surface area contributed by atoms with Crippen molar-refractivity contribution >= 4 is 17.3 Å². The Kier molecular flexibility index (Phi) is 3.79. The summed E-state index contributed by atoms with van der Waals surface area (Å²) >= 11 is 6.04. The molecule has 0 bridgehead atoms. The van der Waals surface area contributed by atoms with Crippen LogP contribution in [0.4, 0.5) is 5.69 Å². The van der Waals surface area contributed by atoms with Gasteiger partial charge in [0.25, 0.3) is 5.69 Å². The Balaban J connectivity index is 2.46. The first-order chi connectivity index (χ1) is 9.13. The fourth-order valence-corrected chi connectivity index (χ4v) is 2.12. The lowest BCUT2D eigenvalue weighted by Crippen LogP contribution is -1.99. The van der Waals surface area contributed by atoms with E-state index in [0.717, 1.165) is 5.56 Å². The van der Waals surface area contributed by atoms with Gasteiger partial charge in [-0.25, -0.2) is 0 Å². The molecule has 1 unspecified atom stereocenters. The highest BCUT2D eigenvalue weighted by atomic mass is 35.5. The first kappa shape index (κ1) is 13.1. The fraction of sp³-hybridized carbons (Fsp3) is 0.0714. The third-order valence-electron chi connectivity index (χ3n) is 2.77. The Morgan fingerprint density at radius 3 is 2.42 bits per heavy atom. The van der Waals surface area contributed by atoms with Crippen LogP contribution in [0.3, 0.4) is 0 Å². The number of hydrogen-bond donors (Lipinski definition) is 0. The third-order valence-corrected chi connectivity index (χ3v) is 3.10. The van der Waals surface area contributed by atoms with Crippen LogP contribution in [0.15, 0.2) is 48.5 Å². The van der Waals surface area contributed by atoms with Gasteiger partial charge in [0.05, 0.1) is 21.9 Å². The lowest BCUT2D eigenvalue weighted by Gasteiger charge is -2.11. The Hall–Kier alpha value is -2.38. The van der Waals surface area contributed by atoms with Gasteiger partial charge in [0.15, 0.2) is 0 Å². The second-order valence-corrected chi connectivity index (χ2v) is 4.34. The van der Waals surface area contributed by atoms with Gasteiger partial charge in [0, 0.05) is 12.1 Å². The molecule has 0 N–H and O–H groups in total. The smallest absolute Gasteiger partial charge is 0.258 e. The summed E-state index contributed by atoms with van der Waals surface area (Å²) in [5.74, 6) is -0.533. The molecule has 0 aliphatic heterocycles. The molecule has 1 atom stereocenters. The molecule has 0 fully saturated rings. The normalized spacial score (nSPS) is 11.6. The maximum Gasteiger partial charge on any atom is 0.270 e. The largest absolute Gasteiger partial charge is 0.270 e. The molecule has 0 heterocycles. The van der Waals surface area contributed by atoms with E-state index in [1.807, 2.05) is 30.3 Å². The summed E-state index contributed by atoms with van der Waals surface area (Å²) in [5, 5.41) is 20.2. The number of nitrogens with zero attached hydrogens (tertiary/aromatic N) is 2. The van der Waals surface area contributed by atoms with E-state index in [1.54, 1.807) is 0 Å². The van der Waals surface area contributed by atoms with Crippen molar-refractivity contribution in [1.82, 2.24) is 0 Å². The van der Waals surface area contributed by atoms with Crippen molar-refractivity contribution in [2.24, 2.45) is 0 Å². The highest BCUT2D eigenvalue weighted by molar-refractivity contribution is 6.31.